The van der Waals surface area contributed by atoms with Crippen LogP contribution in [0.15, 0.2) is 0 Å². The summed E-state index contributed by atoms with van der Waals surface area (Å²) in [6.45, 7) is 8.17. The molecule has 2 saturated carbocycles. The van der Waals surface area contributed by atoms with Gasteiger partial charge in [0, 0.05) is 18.6 Å². The zero-order chi connectivity index (χ0) is 13.7. The molecule has 2 aliphatic rings. The van der Waals surface area contributed by atoms with Crippen LogP contribution in [0.2, 0.25) is 0 Å². The van der Waals surface area contributed by atoms with Crippen LogP contribution in [0.25, 0.3) is 0 Å². The predicted molar refractivity (Wildman–Crippen MR) is 83.2 cm³/mol. The standard InChI is InChI=1S/C17H34N2/c1-3-11-19(13-16-8-4-5-9-16)17(14-18)10-6-7-15(2)12-17/h15-16H,3-14,18H2,1-2H3. The van der Waals surface area contributed by atoms with Gasteiger partial charge < -0.3 is 5.73 Å². The van der Waals surface area contributed by atoms with E-state index in [1.807, 2.05) is 0 Å². The maximum atomic E-state index is 6.26. The normalized spacial score (nSPS) is 33.2. The lowest BCUT2D eigenvalue weighted by molar-refractivity contribution is 0.0270. The summed E-state index contributed by atoms with van der Waals surface area (Å²) in [4.78, 5) is 2.80. The maximum Gasteiger partial charge on any atom is 0.0334 e. The highest BCUT2D eigenvalue weighted by molar-refractivity contribution is 4.96. The lowest BCUT2D eigenvalue weighted by Gasteiger charge is -2.48. The second-order valence-electron chi connectivity index (χ2n) is 7.23. The first-order valence-corrected chi connectivity index (χ1v) is 8.65. The Morgan fingerprint density at radius 1 is 1.16 bits per heavy atom. The van der Waals surface area contributed by atoms with Crippen molar-refractivity contribution in [2.75, 3.05) is 19.6 Å². The van der Waals surface area contributed by atoms with Gasteiger partial charge in [0.1, 0.15) is 0 Å². The summed E-state index contributed by atoms with van der Waals surface area (Å²) in [5, 5.41) is 0. The van der Waals surface area contributed by atoms with E-state index in [1.54, 1.807) is 0 Å². The quantitative estimate of drug-likeness (QED) is 0.792. The van der Waals surface area contributed by atoms with Crippen LogP contribution in [0.1, 0.15) is 71.6 Å². The molecule has 2 atom stereocenters. The van der Waals surface area contributed by atoms with Gasteiger partial charge in [0.05, 0.1) is 0 Å². The fourth-order valence-corrected chi connectivity index (χ4v) is 4.53. The fraction of sp³-hybridized carbons (Fsp3) is 1.00. The van der Waals surface area contributed by atoms with Crippen LogP contribution < -0.4 is 5.73 Å². The third-order valence-electron chi connectivity index (χ3n) is 5.57. The Bertz CT molecular complexity index is 260. The van der Waals surface area contributed by atoms with Gasteiger partial charge in [0.25, 0.3) is 0 Å². The molecule has 0 bridgehead atoms. The van der Waals surface area contributed by atoms with Gasteiger partial charge in [-0.05, 0) is 50.5 Å². The Morgan fingerprint density at radius 3 is 2.47 bits per heavy atom. The molecule has 2 nitrogen and oxygen atoms in total. The molecule has 2 rings (SSSR count). The first-order chi connectivity index (χ1) is 9.20. The molecule has 2 heteroatoms. The van der Waals surface area contributed by atoms with Gasteiger partial charge in [-0.2, -0.15) is 0 Å². The average molecular weight is 266 g/mol. The molecule has 0 spiro atoms. The van der Waals surface area contributed by atoms with E-state index in [0.29, 0.717) is 5.54 Å². The zero-order valence-electron chi connectivity index (χ0n) is 13.2. The predicted octanol–water partition coefficient (Wildman–Crippen LogP) is 3.80. The number of nitrogens with zero attached hydrogens (tertiary/aromatic N) is 1. The third-order valence-corrected chi connectivity index (χ3v) is 5.57. The van der Waals surface area contributed by atoms with Gasteiger partial charge in [-0.1, -0.05) is 39.5 Å². The molecule has 0 aromatic rings. The van der Waals surface area contributed by atoms with E-state index in [1.165, 1.54) is 70.9 Å². The minimum Gasteiger partial charge on any atom is -0.329 e. The second-order valence-corrected chi connectivity index (χ2v) is 7.23. The highest BCUT2D eigenvalue weighted by Crippen LogP contribution is 2.38. The van der Waals surface area contributed by atoms with Crippen molar-refractivity contribution in [3.05, 3.63) is 0 Å². The minimum atomic E-state index is 0.330. The largest absolute Gasteiger partial charge is 0.329 e. The van der Waals surface area contributed by atoms with Gasteiger partial charge in [-0.25, -0.2) is 0 Å². The highest BCUT2D eigenvalue weighted by atomic mass is 15.2. The van der Waals surface area contributed by atoms with Gasteiger partial charge >= 0.3 is 0 Å². The average Bonchev–Trinajstić information content (AvgIpc) is 2.91. The van der Waals surface area contributed by atoms with E-state index in [-0.39, 0.29) is 0 Å². The highest BCUT2D eigenvalue weighted by Gasteiger charge is 2.39. The van der Waals surface area contributed by atoms with E-state index in [4.69, 9.17) is 5.73 Å². The Morgan fingerprint density at radius 2 is 1.89 bits per heavy atom. The summed E-state index contributed by atoms with van der Waals surface area (Å²) in [6, 6.07) is 0. The third kappa shape index (κ3) is 3.72. The first kappa shape index (κ1) is 15.3. The zero-order valence-corrected chi connectivity index (χ0v) is 13.2. The van der Waals surface area contributed by atoms with E-state index in [0.717, 1.165) is 18.4 Å². The summed E-state index contributed by atoms with van der Waals surface area (Å²) in [7, 11) is 0. The smallest absolute Gasteiger partial charge is 0.0334 e. The lowest BCUT2D eigenvalue weighted by atomic mass is 9.74. The molecule has 0 aromatic heterocycles. The van der Waals surface area contributed by atoms with Crippen molar-refractivity contribution in [3.8, 4) is 0 Å². The molecule has 0 aromatic carbocycles. The molecule has 2 unspecified atom stereocenters. The lowest BCUT2D eigenvalue weighted by Crippen LogP contribution is -2.57. The van der Waals surface area contributed by atoms with Crippen LogP contribution in [0.3, 0.4) is 0 Å². The molecule has 2 fully saturated rings. The van der Waals surface area contributed by atoms with Crippen molar-refractivity contribution in [1.82, 2.24) is 4.90 Å². The van der Waals surface area contributed by atoms with Crippen molar-refractivity contribution >= 4 is 0 Å². The second kappa shape index (κ2) is 7.08. The first-order valence-electron chi connectivity index (χ1n) is 8.65. The van der Waals surface area contributed by atoms with Crippen LogP contribution in [-0.2, 0) is 0 Å². The molecular formula is C17H34N2. The minimum absolute atomic E-state index is 0.330. The fourth-order valence-electron chi connectivity index (χ4n) is 4.53. The SMILES string of the molecule is CCCN(CC1CCCC1)C1(CN)CCCC(C)C1. The van der Waals surface area contributed by atoms with Crippen LogP contribution >= 0.6 is 0 Å². The van der Waals surface area contributed by atoms with Crippen molar-refractivity contribution in [1.29, 1.82) is 0 Å². The Hall–Kier alpha value is -0.0800. The van der Waals surface area contributed by atoms with Gasteiger partial charge in [0.2, 0.25) is 0 Å². The monoisotopic (exact) mass is 266 g/mol. The van der Waals surface area contributed by atoms with E-state index >= 15 is 0 Å². The van der Waals surface area contributed by atoms with Crippen molar-refractivity contribution < 1.29 is 0 Å². The summed E-state index contributed by atoms with van der Waals surface area (Å²) in [5.74, 6) is 1.81. The van der Waals surface area contributed by atoms with Crippen LogP contribution in [0.4, 0.5) is 0 Å². The molecule has 19 heavy (non-hydrogen) atoms. The van der Waals surface area contributed by atoms with Crippen molar-refractivity contribution in [2.45, 2.75) is 77.2 Å². The van der Waals surface area contributed by atoms with Gasteiger partial charge in [-0.15, -0.1) is 0 Å². The summed E-state index contributed by atoms with van der Waals surface area (Å²) in [6.07, 6.45) is 12.5. The Kier molecular flexibility index (Phi) is 5.70. The molecular weight excluding hydrogens is 232 g/mol. The number of hydrogen-bond acceptors (Lipinski definition) is 2. The molecule has 112 valence electrons. The van der Waals surface area contributed by atoms with Crippen LogP contribution in [0, 0.1) is 11.8 Å². The van der Waals surface area contributed by atoms with Crippen molar-refractivity contribution in [3.63, 3.8) is 0 Å². The van der Waals surface area contributed by atoms with E-state index < -0.39 is 0 Å². The van der Waals surface area contributed by atoms with Crippen LogP contribution in [-0.4, -0.2) is 30.1 Å². The summed E-state index contributed by atoms with van der Waals surface area (Å²) >= 11 is 0. The molecule has 0 saturated heterocycles. The molecule has 2 N–H and O–H groups in total. The number of nitrogens with two attached hydrogens (primary N) is 1. The van der Waals surface area contributed by atoms with Gasteiger partial charge in [-0.3, -0.25) is 4.90 Å². The molecule has 0 heterocycles. The summed E-state index contributed by atoms with van der Waals surface area (Å²) in [5.41, 5.74) is 6.59. The maximum absolute atomic E-state index is 6.26. The van der Waals surface area contributed by atoms with Gasteiger partial charge in [0.15, 0.2) is 0 Å². The Labute approximate surface area is 120 Å². The molecule has 0 radical (unpaired) electrons. The molecule has 2 aliphatic carbocycles. The van der Waals surface area contributed by atoms with E-state index in [2.05, 4.69) is 18.7 Å². The molecule has 0 amide bonds. The van der Waals surface area contributed by atoms with Crippen LogP contribution in [0.5, 0.6) is 0 Å². The Balaban J connectivity index is 2.04. The number of rotatable bonds is 6. The van der Waals surface area contributed by atoms with Crippen molar-refractivity contribution in [2.24, 2.45) is 17.6 Å². The van der Waals surface area contributed by atoms with E-state index in [9.17, 15) is 0 Å². The number of hydrogen-bond donors (Lipinski definition) is 1. The molecule has 0 aliphatic heterocycles. The summed E-state index contributed by atoms with van der Waals surface area (Å²) < 4.78 is 0. The topological polar surface area (TPSA) is 29.3 Å².